The number of aliphatic imine (C=N–C) groups is 2. The molecule has 0 bridgehead atoms. The molecule has 1 atom stereocenters. The van der Waals surface area contributed by atoms with Gasteiger partial charge >= 0.3 is 6.61 Å². The normalized spacial score (nSPS) is 16.4. The molecule has 0 saturated heterocycles. The summed E-state index contributed by atoms with van der Waals surface area (Å²) in [6, 6.07) is 12.8. The smallest absolute Gasteiger partial charge is 0.387 e. The maximum atomic E-state index is 12.2. The molecule has 0 radical (unpaired) electrons. The van der Waals surface area contributed by atoms with E-state index in [0.717, 1.165) is 53.9 Å². The fourth-order valence-corrected chi connectivity index (χ4v) is 3.07. The van der Waals surface area contributed by atoms with Crippen molar-refractivity contribution in [3.63, 3.8) is 0 Å². The van der Waals surface area contributed by atoms with Gasteiger partial charge in [-0.25, -0.2) is 4.99 Å². The van der Waals surface area contributed by atoms with Gasteiger partial charge in [-0.3, -0.25) is 4.99 Å². The SMILES string of the molecule is CCc1cc(C2=NC(CCc3ccc(OC(F)F)cc3)CC=N2)ccc1N. The van der Waals surface area contributed by atoms with E-state index in [9.17, 15) is 8.78 Å². The first kappa shape index (κ1) is 19.0. The van der Waals surface area contributed by atoms with E-state index in [2.05, 4.69) is 22.7 Å². The zero-order valence-corrected chi connectivity index (χ0v) is 15.2. The summed E-state index contributed by atoms with van der Waals surface area (Å²) in [5, 5.41) is 0. The van der Waals surface area contributed by atoms with Crippen LogP contribution >= 0.6 is 0 Å². The number of hydrogen-bond acceptors (Lipinski definition) is 4. The molecule has 0 saturated carbocycles. The molecule has 4 nitrogen and oxygen atoms in total. The zero-order chi connectivity index (χ0) is 19.2. The predicted octanol–water partition coefficient (Wildman–Crippen LogP) is 4.66. The molecule has 142 valence electrons. The largest absolute Gasteiger partial charge is 0.435 e. The average molecular weight is 371 g/mol. The second kappa shape index (κ2) is 8.75. The molecule has 1 aliphatic heterocycles. The first-order chi connectivity index (χ1) is 13.0. The molecule has 0 amide bonds. The highest BCUT2D eigenvalue weighted by Gasteiger charge is 2.14. The summed E-state index contributed by atoms with van der Waals surface area (Å²) in [5.74, 6) is 0.913. The number of amidine groups is 1. The van der Waals surface area contributed by atoms with Crippen molar-refractivity contribution in [2.75, 3.05) is 5.73 Å². The van der Waals surface area contributed by atoms with Gasteiger partial charge < -0.3 is 10.5 Å². The lowest BCUT2D eigenvalue weighted by molar-refractivity contribution is -0.0498. The van der Waals surface area contributed by atoms with Crippen molar-refractivity contribution in [2.45, 2.75) is 45.3 Å². The molecule has 0 aromatic heterocycles. The molecule has 1 aliphatic rings. The Kier molecular flexibility index (Phi) is 6.16. The van der Waals surface area contributed by atoms with Crippen molar-refractivity contribution in [3.8, 4) is 5.75 Å². The van der Waals surface area contributed by atoms with Gasteiger partial charge in [0.1, 0.15) is 5.75 Å². The lowest BCUT2D eigenvalue weighted by atomic mass is 10.0. The van der Waals surface area contributed by atoms with Crippen molar-refractivity contribution in [1.82, 2.24) is 0 Å². The Morgan fingerprint density at radius 1 is 1.19 bits per heavy atom. The monoisotopic (exact) mass is 371 g/mol. The molecule has 27 heavy (non-hydrogen) atoms. The van der Waals surface area contributed by atoms with Crippen LogP contribution in [-0.4, -0.2) is 24.7 Å². The van der Waals surface area contributed by atoms with Crippen LogP contribution < -0.4 is 10.5 Å². The van der Waals surface area contributed by atoms with Crippen molar-refractivity contribution < 1.29 is 13.5 Å². The minimum Gasteiger partial charge on any atom is -0.435 e. The van der Waals surface area contributed by atoms with Crippen molar-refractivity contribution in [1.29, 1.82) is 0 Å². The number of nitrogens with zero attached hydrogens (tertiary/aromatic N) is 2. The van der Waals surface area contributed by atoms with Gasteiger partial charge in [0.25, 0.3) is 0 Å². The van der Waals surface area contributed by atoms with Crippen molar-refractivity contribution in [3.05, 3.63) is 59.2 Å². The highest BCUT2D eigenvalue weighted by Crippen LogP contribution is 2.20. The topological polar surface area (TPSA) is 60.0 Å². The molecule has 2 N–H and O–H groups in total. The van der Waals surface area contributed by atoms with Crippen LogP contribution in [0.4, 0.5) is 14.5 Å². The van der Waals surface area contributed by atoms with Crippen molar-refractivity contribution >= 4 is 17.7 Å². The summed E-state index contributed by atoms with van der Waals surface area (Å²) in [4.78, 5) is 9.23. The summed E-state index contributed by atoms with van der Waals surface area (Å²) in [6.07, 6.45) is 5.25. The summed E-state index contributed by atoms with van der Waals surface area (Å²) in [5.41, 5.74) is 9.91. The average Bonchev–Trinajstić information content (AvgIpc) is 2.67. The summed E-state index contributed by atoms with van der Waals surface area (Å²) < 4.78 is 28.8. The number of halogens is 2. The lowest BCUT2D eigenvalue weighted by Gasteiger charge is -2.16. The number of rotatable bonds is 7. The first-order valence-electron chi connectivity index (χ1n) is 9.08. The highest BCUT2D eigenvalue weighted by atomic mass is 19.3. The molecule has 1 heterocycles. The molecule has 2 aromatic rings. The number of benzene rings is 2. The number of nitrogen functional groups attached to an aromatic ring is 1. The van der Waals surface area contributed by atoms with E-state index in [1.807, 2.05) is 30.5 Å². The maximum absolute atomic E-state index is 12.2. The fraction of sp³-hybridized carbons (Fsp3) is 0.333. The summed E-state index contributed by atoms with van der Waals surface area (Å²) in [6.45, 7) is -0.728. The molecular weight excluding hydrogens is 348 g/mol. The Morgan fingerprint density at radius 2 is 1.96 bits per heavy atom. The van der Waals surface area contributed by atoms with Crippen LogP contribution in [-0.2, 0) is 12.8 Å². The van der Waals surface area contributed by atoms with Gasteiger partial charge in [-0.2, -0.15) is 8.78 Å². The van der Waals surface area contributed by atoms with Crippen molar-refractivity contribution in [2.24, 2.45) is 9.98 Å². The molecule has 3 rings (SSSR count). The van der Waals surface area contributed by atoms with E-state index in [1.54, 1.807) is 12.1 Å². The van der Waals surface area contributed by atoms with E-state index >= 15 is 0 Å². The Morgan fingerprint density at radius 3 is 2.67 bits per heavy atom. The van der Waals surface area contributed by atoms with Crippen LogP contribution in [0.15, 0.2) is 52.4 Å². The van der Waals surface area contributed by atoms with Gasteiger partial charge in [-0.05, 0) is 60.7 Å². The standard InChI is InChI=1S/C21H23F2N3O/c1-2-15-13-16(6-10-19(15)24)20-25-12-11-17(26-20)7-3-14-4-8-18(9-5-14)27-21(22)23/h4-6,8-10,12-13,17,21H,2-3,7,11,24H2,1H3. The predicted molar refractivity (Wildman–Crippen MR) is 105 cm³/mol. The van der Waals surface area contributed by atoms with Gasteiger partial charge in [0, 0.05) is 23.9 Å². The summed E-state index contributed by atoms with van der Waals surface area (Å²) in [7, 11) is 0. The molecule has 6 heteroatoms. The van der Waals surface area contributed by atoms with Crippen LogP contribution in [0.3, 0.4) is 0 Å². The van der Waals surface area contributed by atoms with Crippen LogP contribution in [0.5, 0.6) is 5.75 Å². The van der Waals surface area contributed by atoms with Gasteiger partial charge in [-0.15, -0.1) is 0 Å². The van der Waals surface area contributed by atoms with Crippen LogP contribution in [0.25, 0.3) is 0 Å². The van der Waals surface area contributed by atoms with Gasteiger partial charge in [-0.1, -0.05) is 19.1 Å². The Bertz CT molecular complexity index is 832. The number of ether oxygens (including phenoxy) is 1. The minimum absolute atomic E-state index is 0.150. The van der Waals surface area contributed by atoms with E-state index in [-0.39, 0.29) is 11.8 Å². The van der Waals surface area contributed by atoms with Crippen LogP contribution in [0.1, 0.15) is 36.5 Å². The maximum Gasteiger partial charge on any atom is 0.387 e. The first-order valence-corrected chi connectivity index (χ1v) is 9.08. The number of aryl methyl sites for hydroxylation is 2. The van der Waals surface area contributed by atoms with E-state index in [1.165, 1.54) is 0 Å². The number of hydrogen-bond donors (Lipinski definition) is 1. The number of alkyl halides is 2. The molecular formula is C21H23F2N3O. The molecule has 2 aromatic carbocycles. The second-order valence-electron chi connectivity index (χ2n) is 6.48. The van der Waals surface area contributed by atoms with Crippen LogP contribution in [0, 0.1) is 0 Å². The highest BCUT2D eigenvalue weighted by molar-refractivity contribution is 6.04. The van der Waals surface area contributed by atoms with E-state index < -0.39 is 6.61 Å². The number of nitrogens with two attached hydrogens (primary N) is 1. The van der Waals surface area contributed by atoms with Gasteiger partial charge in [0.2, 0.25) is 0 Å². The second-order valence-corrected chi connectivity index (χ2v) is 6.48. The Balaban J connectivity index is 1.63. The fourth-order valence-electron chi connectivity index (χ4n) is 3.07. The van der Waals surface area contributed by atoms with E-state index in [4.69, 9.17) is 10.7 Å². The minimum atomic E-state index is -2.80. The molecule has 1 unspecified atom stereocenters. The third kappa shape index (κ3) is 5.12. The quantitative estimate of drug-likeness (QED) is 0.720. The summed E-state index contributed by atoms with van der Waals surface area (Å²) >= 11 is 0. The Hall–Kier alpha value is -2.76. The van der Waals surface area contributed by atoms with Crippen LogP contribution in [0.2, 0.25) is 0 Å². The Labute approximate surface area is 157 Å². The van der Waals surface area contributed by atoms with Gasteiger partial charge in [0.05, 0.1) is 6.04 Å². The van der Waals surface area contributed by atoms with Gasteiger partial charge in [0.15, 0.2) is 5.84 Å². The molecule has 0 fully saturated rings. The molecule has 0 spiro atoms. The van der Waals surface area contributed by atoms with E-state index in [0.29, 0.717) is 0 Å². The lowest BCUT2D eigenvalue weighted by Crippen LogP contribution is -2.16. The third-order valence-electron chi connectivity index (χ3n) is 4.59. The zero-order valence-electron chi connectivity index (χ0n) is 15.2. The number of anilines is 1. The third-order valence-corrected chi connectivity index (χ3v) is 4.59. The molecule has 0 aliphatic carbocycles.